The van der Waals surface area contributed by atoms with E-state index in [1.807, 2.05) is 10.9 Å². The molecule has 4 nitrogen and oxygen atoms in total. The third-order valence-corrected chi connectivity index (χ3v) is 5.86. The van der Waals surface area contributed by atoms with Gasteiger partial charge in [0.2, 0.25) is 0 Å². The van der Waals surface area contributed by atoms with Crippen LogP contribution in [-0.2, 0) is 0 Å². The van der Waals surface area contributed by atoms with Crippen LogP contribution in [-0.4, -0.2) is 34.3 Å². The zero-order valence-electron chi connectivity index (χ0n) is 16.3. The summed E-state index contributed by atoms with van der Waals surface area (Å²) in [5, 5.41) is 1.56. The van der Waals surface area contributed by atoms with Crippen LogP contribution in [0.15, 0.2) is 70.9 Å². The molecule has 0 aromatic heterocycles. The lowest BCUT2D eigenvalue weighted by atomic mass is 10.3. The minimum absolute atomic E-state index is 0.0520. The van der Waals surface area contributed by atoms with Gasteiger partial charge >= 0.3 is 24.2 Å². The van der Waals surface area contributed by atoms with Crippen LogP contribution in [0.4, 0.5) is 55.3 Å². The van der Waals surface area contributed by atoms with Gasteiger partial charge in [-0.15, -0.1) is 0 Å². The van der Waals surface area contributed by atoms with Crippen molar-refractivity contribution in [1.82, 2.24) is 0 Å². The fourth-order valence-electron chi connectivity index (χ4n) is 1.86. The largest absolute Gasteiger partial charge is 0.460 e. The maximum atomic E-state index is 13.9. The maximum absolute atomic E-state index is 13.9. The summed E-state index contributed by atoms with van der Waals surface area (Å²) < 4.78 is 133. The van der Waals surface area contributed by atoms with Crippen molar-refractivity contribution in [1.29, 1.82) is 0 Å². The van der Waals surface area contributed by atoms with Crippen molar-refractivity contribution in [3.63, 3.8) is 0 Å². The van der Waals surface area contributed by atoms with Crippen LogP contribution in [0.3, 0.4) is 0 Å². The molecule has 0 bridgehead atoms. The van der Waals surface area contributed by atoms with Crippen molar-refractivity contribution in [2.75, 3.05) is 10.9 Å². The lowest BCUT2D eigenvalue weighted by molar-refractivity contribution is -0.248. The van der Waals surface area contributed by atoms with Gasteiger partial charge in [-0.1, -0.05) is 36.4 Å². The first kappa shape index (κ1) is 27.6. The summed E-state index contributed by atoms with van der Waals surface area (Å²) in [6, 6.07) is 13.4. The molecule has 2 aromatic carbocycles. The summed E-state index contributed by atoms with van der Waals surface area (Å²) in [7, 11) is -1.51. The molecular weight excluding hydrogens is 526 g/mol. The average molecular weight is 538 g/mol. The molecule has 2 rings (SSSR count). The highest BCUT2D eigenvalue weighted by atomic mass is 33.1. The van der Waals surface area contributed by atoms with E-state index < -0.39 is 55.9 Å². The Labute approximate surface area is 193 Å². The molecule has 0 aliphatic heterocycles. The Morgan fingerprint density at radius 3 is 1.09 bits per heavy atom. The Hall–Kier alpha value is -2.62. The summed E-state index contributed by atoms with van der Waals surface area (Å²) in [6.45, 7) is 0. The lowest BCUT2D eigenvalue weighted by Crippen LogP contribution is -2.44. The van der Waals surface area contributed by atoms with E-state index in [1.54, 1.807) is 0 Å². The van der Waals surface area contributed by atoms with E-state index in [9.17, 15) is 43.9 Å². The molecular formula is C18H12F10N4S2. The fraction of sp³-hybridized carbons (Fsp3) is 0.222. The quantitative estimate of drug-likeness (QED) is 0.131. The minimum Gasteiger partial charge on any atom is -0.277 e. The van der Waals surface area contributed by atoms with Gasteiger partial charge in [0.05, 0.1) is 11.4 Å². The summed E-state index contributed by atoms with van der Waals surface area (Å²) >= 11 is 0. The Morgan fingerprint density at radius 1 is 0.529 bits per heavy atom. The standard InChI is InChI=1S/C18H12F10N4S2/c19-15(20,17(23,24)25)13(31-29-11-7-3-1-4-8-11)33-34-14(16(21,22)18(26,27)28)32-30-12-9-5-2-6-10-12/h1-10,29-30H. The highest BCUT2D eigenvalue weighted by Crippen LogP contribution is 2.47. The number of benzene rings is 2. The van der Waals surface area contributed by atoms with Gasteiger partial charge in [-0.05, 0) is 45.9 Å². The van der Waals surface area contributed by atoms with E-state index in [-0.39, 0.29) is 11.4 Å². The summed E-state index contributed by atoms with van der Waals surface area (Å²) in [5.74, 6) is -11.4. The monoisotopic (exact) mass is 538 g/mol. The number of hydrogen-bond donors (Lipinski definition) is 2. The highest BCUT2D eigenvalue weighted by molar-refractivity contribution is 8.87. The number of hydrogen-bond acceptors (Lipinski definition) is 6. The van der Waals surface area contributed by atoms with Crippen LogP contribution < -0.4 is 10.9 Å². The zero-order valence-corrected chi connectivity index (χ0v) is 17.9. The number of hydrazone groups is 2. The molecule has 0 amide bonds. The van der Waals surface area contributed by atoms with Gasteiger partial charge in [0.25, 0.3) is 0 Å². The number of nitrogens with zero attached hydrogens (tertiary/aromatic N) is 2. The van der Waals surface area contributed by atoms with Crippen LogP contribution in [0, 0.1) is 0 Å². The number of para-hydroxylation sites is 2. The number of halogens is 10. The predicted octanol–water partition coefficient (Wildman–Crippen LogP) is 7.61. The molecule has 34 heavy (non-hydrogen) atoms. The summed E-state index contributed by atoms with van der Waals surface area (Å²) in [5.41, 5.74) is 3.66. The third kappa shape index (κ3) is 6.94. The summed E-state index contributed by atoms with van der Waals surface area (Å²) in [6.07, 6.45) is -12.4. The first-order chi connectivity index (χ1) is 15.7. The number of anilines is 2. The van der Waals surface area contributed by atoms with E-state index in [1.165, 1.54) is 60.7 Å². The van der Waals surface area contributed by atoms with Crippen molar-refractivity contribution in [3.05, 3.63) is 60.7 Å². The smallest absolute Gasteiger partial charge is 0.277 e. The van der Waals surface area contributed by atoms with Crippen LogP contribution in [0.25, 0.3) is 0 Å². The number of alkyl halides is 10. The van der Waals surface area contributed by atoms with E-state index in [0.717, 1.165) is 0 Å². The average Bonchev–Trinajstić information content (AvgIpc) is 2.75. The Kier molecular flexibility index (Phi) is 8.74. The molecule has 0 heterocycles. The molecule has 0 atom stereocenters. The highest BCUT2D eigenvalue weighted by Gasteiger charge is 2.64. The van der Waals surface area contributed by atoms with Crippen molar-refractivity contribution in [2.24, 2.45) is 10.2 Å². The molecule has 0 aliphatic rings. The zero-order chi connectivity index (χ0) is 25.6. The molecule has 0 unspecified atom stereocenters. The maximum Gasteiger partial charge on any atom is 0.460 e. The number of nitrogens with one attached hydrogen (secondary N) is 2. The van der Waals surface area contributed by atoms with Gasteiger partial charge < -0.3 is 0 Å². The van der Waals surface area contributed by atoms with E-state index >= 15 is 0 Å². The van der Waals surface area contributed by atoms with Crippen molar-refractivity contribution in [3.8, 4) is 0 Å². The van der Waals surface area contributed by atoms with Gasteiger partial charge in [0, 0.05) is 0 Å². The van der Waals surface area contributed by atoms with Crippen LogP contribution >= 0.6 is 21.6 Å². The minimum atomic E-state index is -6.22. The molecule has 0 spiro atoms. The Bertz CT molecular complexity index is 912. The second kappa shape index (κ2) is 10.8. The van der Waals surface area contributed by atoms with E-state index in [4.69, 9.17) is 0 Å². The van der Waals surface area contributed by atoms with Crippen molar-refractivity contribution < 1.29 is 43.9 Å². The van der Waals surface area contributed by atoms with E-state index in [0.29, 0.717) is 0 Å². The molecule has 0 fully saturated rings. The predicted molar refractivity (Wildman–Crippen MR) is 112 cm³/mol. The molecule has 0 radical (unpaired) electrons. The van der Waals surface area contributed by atoms with Crippen molar-refractivity contribution >= 4 is 43.1 Å². The first-order valence-electron chi connectivity index (χ1n) is 8.68. The SMILES string of the molecule is FC(F)(F)C(F)(F)C(=NNc1ccccc1)SSC(=NNc1ccccc1)C(F)(F)C(F)(F)F. The van der Waals surface area contributed by atoms with Gasteiger partial charge in [-0.25, -0.2) is 0 Å². The molecule has 2 N–H and O–H groups in total. The Morgan fingerprint density at radius 2 is 0.824 bits per heavy atom. The molecule has 0 saturated heterocycles. The normalized spacial score (nSPS) is 14.2. The van der Waals surface area contributed by atoms with Gasteiger partial charge in [0.15, 0.2) is 10.1 Å². The van der Waals surface area contributed by atoms with Gasteiger partial charge in [-0.2, -0.15) is 54.1 Å². The van der Waals surface area contributed by atoms with Crippen LogP contribution in [0.1, 0.15) is 0 Å². The van der Waals surface area contributed by atoms with Crippen LogP contribution in [0.5, 0.6) is 0 Å². The van der Waals surface area contributed by atoms with Crippen molar-refractivity contribution in [2.45, 2.75) is 24.2 Å². The topological polar surface area (TPSA) is 48.8 Å². The summed E-state index contributed by atoms with van der Waals surface area (Å²) in [4.78, 5) is 0. The molecule has 2 aromatic rings. The molecule has 16 heteroatoms. The number of rotatable bonds is 6. The molecule has 186 valence electrons. The second-order valence-electron chi connectivity index (χ2n) is 6.10. The third-order valence-electron chi connectivity index (χ3n) is 3.57. The fourth-order valence-corrected chi connectivity index (χ4v) is 3.95. The Balaban J connectivity index is 2.39. The van der Waals surface area contributed by atoms with Crippen LogP contribution in [0.2, 0.25) is 0 Å². The van der Waals surface area contributed by atoms with E-state index in [2.05, 4.69) is 10.2 Å². The second-order valence-corrected chi connectivity index (χ2v) is 8.21. The lowest BCUT2D eigenvalue weighted by Gasteiger charge is -2.23. The van der Waals surface area contributed by atoms with Gasteiger partial charge in [0.1, 0.15) is 0 Å². The molecule has 0 aliphatic carbocycles. The van der Waals surface area contributed by atoms with Gasteiger partial charge in [-0.3, -0.25) is 10.9 Å². The molecule has 0 saturated carbocycles. The first-order valence-corrected chi connectivity index (χ1v) is 10.8.